The zero-order valence-corrected chi connectivity index (χ0v) is 17.5. The van der Waals surface area contributed by atoms with Gasteiger partial charge in [-0.3, -0.25) is 4.90 Å². The van der Waals surface area contributed by atoms with E-state index in [0.717, 1.165) is 36.7 Å². The molecule has 0 spiro atoms. The van der Waals surface area contributed by atoms with Crippen LogP contribution in [-0.2, 0) is 6.42 Å². The maximum absolute atomic E-state index is 6.23. The molecule has 4 aliphatic carbocycles. The van der Waals surface area contributed by atoms with Crippen molar-refractivity contribution in [2.45, 2.75) is 64.2 Å². The number of aryl methyl sites for hydroxylation is 1. The minimum absolute atomic E-state index is 0. The van der Waals surface area contributed by atoms with E-state index in [1.54, 1.807) is 19.3 Å². The van der Waals surface area contributed by atoms with Gasteiger partial charge in [0.1, 0.15) is 12.4 Å². The van der Waals surface area contributed by atoms with Gasteiger partial charge in [-0.15, -0.1) is 12.4 Å². The third-order valence-electron chi connectivity index (χ3n) is 7.93. The topological polar surface area (TPSA) is 12.5 Å². The van der Waals surface area contributed by atoms with Gasteiger partial charge in [0.2, 0.25) is 0 Å². The minimum Gasteiger partial charge on any atom is -0.492 e. The van der Waals surface area contributed by atoms with Crippen LogP contribution in [0.25, 0.3) is 0 Å². The van der Waals surface area contributed by atoms with Crippen molar-refractivity contribution in [3.63, 3.8) is 0 Å². The van der Waals surface area contributed by atoms with Crippen LogP contribution in [0, 0.1) is 23.2 Å². The number of hydrogen-bond acceptors (Lipinski definition) is 2. The first-order valence-electron chi connectivity index (χ1n) is 11.2. The molecular formula is C24H36ClNO. The van der Waals surface area contributed by atoms with Crippen molar-refractivity contribution in [2.24, 2.45) is 23.2 Å². The Morgan fingerprint density at radius 2 is 1.56 bits per heavy atom. The fourth-order valence-electron chi connectivity index (χ4n) is 7.14. The van der Waals surface area contributed by atoms with Crippen LogP contribution < -0.4 is 4.74 Å². The molecule has 0 radical (unpaired) electrons. The van der Waals surface area contributed by atoms with Crippen molar-refractivity contribution in [3.8, 4) is 5.75 Å². The van der Waals surface area contributed by atoms with Crippen LogP contribution >= 0.6 is 12.4 Å². The minimum atomic E-state index is 0. The molecule has 27 heavy (non-hydrogen) atoms. The van der Waals surface area contributed by atoms with Gasteiger partial charge in [-0.2, -0.15) is 0 Å². The molecule has 4 saturated carbocycles. The fourth-order valence-corrected chi connectivity index (χ4v) is 7.14. The summed E-state index contributed by atoms with van der Waals surface area (Å²) in [4.78, 5) is 2.54. The SMILES string of the molecule is Cl.c1ccc(OCCN2CCCC2)c(CCC23CC4CC(CC(C4)C2)C3)c1. The molecule has 0 aromatic heterocycles. The lowest BCUT2D eigenvalue weighted by Crippen LogP contribution is -2.46. The molecule has 0 amide bonds. The van der Waals surface area contributed by atoms with Crippen molar-refractivity contribution < 1.29 is 4.74 Å². The molecular weight excluding hydrogens is 354 g/mol. The van der Waals surface area contributed by atoms with E-state index in [-0.39, 0.29) is 12.4 Å². The van der Waals surface area contributed by atoms with E-state index in [4.69, 9.17) is 4.74 Å². The number of ether oxygens (including phenoxy) is 1. The second-order valence-electron chi connectivity index (χ2n) is 9.92. The molecule has 1 aromatic carbocycles. The van der Waals surface area contributed by atoms with Gasteiger partial charge in [0.15, 0.2) is 0 Å². The van der Waals surface area contributed by atoms with E-state index in [2.05, 4.69) is 29.2 Å². The highest BCUT2D eigenvalue weighted by atomic mass is 35.5. The van der Waals surface area contributed by atoms with Gasteiger partial charge in [0, 0.05) is 6.54 Å². The predicted molar refractivity (Wildman–Crippen MR) is 114 cm³/mol. The van der Waals surface area contributed by atoms with E-state index in [1.165, 1.54) is 63.6 Å². The summed E-state index contributed by atoms with van der Waals surface area (Å²) < 4.78 is 6.23. The third kappa shape index (κ3) is 4.32. The number of benzene rings is 1. The van der Waals surface area contributed by atoms with Crippen LogP contribution in [0.15, 0.2) is 24.3 Å². The summed E-state index contributed by atoms with van der Waals surface area (Å²) >= 11 is 0. The first-order chi connectivity index (χ1) is 12.8. The molecule has 3 heteroatoms. The molecule has 0 atom stereocenters. The van der Waals surface area contributed by atoms with E-state index >= 15 is 0 Å². The number of nitrogens with zero attached hydrogens (tertiary/aromatic N) is 1. The quantitative estimate of drug-likeness (QED) is 0.590. The van der Waals surface area contributed by atoms with Crippen molar-refractivity contribution in [1.82, 2.24) is 4.90 Å². The third-order valence-corrected chi connectivity index (χ3v) is 7.93. The van der Waals surface area contributed by atoms with E-state index < -0.39 is 0 Å². The average molecular weight is 390 g/mol. The zero-order valence-electron chi connectivity index (χ0n) is 16.7. The molecule has 5 aliphatic rings. The van der Waals surface area contributed by atoms with Crippen molar-refractivity contribution >= 4 is 12.4 Å². The van der Waals surface area contributed by atoms with Gasteiger partial charge in [-0.05, 0) is 112 Å². The summed E-state index contributed by atoms with van der Waals surface area (Å²) in [6.45, 7) is 4.45. The van der Waals surface area contributed by atoms with Gasteiger partial charge in [0.25, 0.3) is 0 Å². The standard InChI is InChI=1S/C24H35NO.ClH/c1-2-6-23(26-12-11-25-9-3-4-10-25)22(5-1)7-8-24-16-19-13-20(17-24)15-21(14-19)18-24;/h1-2,5-6,19-21H,3-4,7-18H2;1H. The highest BCUT2D eigenvalue weighted by Gasteiger charge is 2.50. The Morgan fingerprint density at radius 3 is 2.22 bits per heavy atom. The summed E-state index contributed by atoms with van der Waals surface area (Å²) in [6, 6.07) is 8.84. The van der Waals surface area contributed by atoms with Crippen molar-refractivity contribution in [2.75, 3.05) is 26.2 Å². The van der Waals surface area contributed by atoms with E-state index in [0.29, 0.717) is 5.41 Å². The fraction of sp³-hybridized carbons (Fsp3) is 0.750. The Kier molecular flexibility index (Phi) is 6.04. The number of hydrogen-bond donors (Lipinski definition) is 0. The predicted octanol–water partition coefficient (Wildman–Crippen LogP) is 5.73. The largest absolute Gasteiger partial charge is 0.492 e. The lowest BCUT2D eigenvalue weighted by atomic mass is 9.48. The van der Waals surface area contributed by atoms with Crippen LogP contribution in [0.4, 0.5) is 0 Å². The molecule has 4 bridgehead atoms. The summed E-state index contributed by atoms with van der Waals surface area (Å²) in [5.41, 5.74) is 2.13. The molecule has 1 aromatic rings. The van der Waals surface area contributed by atoms with E-state index in [1.807, 2.05) is 0 Å². The normalized spacial score (nSPS) is 34.6. The maximum Gasteiger partial charge on any atom is 0.122 e. The van der Waals surface area contributed by atoms with Crippen LogP contribution in [0.2, 0.25) is 0 Å². The van der Waals surface area contributed by atoms with Gasteiger partial charge in [0.05, 0.1) is 0 Å². The average Bonchev–Trinajstić information content (AvgIpc) is 3.13. The van der Waals surface area contributed by atoms with Crippen LogP contribution in [-0.4, -0.2) is 31.1 Å². The van der Waals surface area contributed by atoms with E-state index in [9.17, 15) is 0 Å². The maximum atomic E-state index is 6.23. The summed E-state index contributed by atoms with van der Waals surface area (Å²) in [5.74, 6) is 4.34. The summed E-state index contributed by atoms with van der Waals surface area (Å²) in [5, 5.41) is 0. The van der Waals surface area contributed by atoms with Gasteiger partial charge in [-0.1, -0.05) is 18.2 Å². The van der Waals surface area contributed by atoms with Crippen molar-refractivity contribution in [1.29, 1.82) is 0 Å². The molecule has 1 heterocycles. The van der Waals surface area contributed by atoms with Gasteiger partial charge < -0.3 is 4.74 Å². The lowest BCUT2D eigenvalue weighted by Gasteiger charge is -2.57. The molecule has 0 unspecified atom stereocenters. The summed E-state index contributed by atoms with van der Waals surface area (Å²) in [6.07, 6.45) is 14.6. The molecule has 0 N–H and O–H groups in total. The molecule has 150 valence electrons. The molecule has 1 saturated heterocycles. The number of para-hydroxylation sites is 1. The van der Waals surface area contributed by atoms with Crippen LogP contribution in [0.1, 0.15) is 63.4 Å². The highest BCUT2D eigenvalue weighted by Crippen LogP contribution is 2.61. The Balaban J connectivity index is 0.00000180. The van der Waals surface area contributed by atoms with Crippen LogP contribution in [0.5, 0.6) is 5.75 Å². The number of halogens is 1. The van der Waals surface area contributed by atoms with Crippen molar-refractivity contribution in [3.05, 3.63) is 29.8 Å². The highest BCUT2D eigenvalue weighted by molar-refractivity contribution is 5.85. The Morgan fingerprint density at radius 1 is 0.926 bits per heavy atom. The van der Waals surface area contributed by atoms with Crippen LogP contribution in [0.3, 0.4) is 0 Å². The zero-order chi connectivity index (χ0) is 17.4. The molecule has 1 aliphatic heterocycles. The summed E-state index contributed by atoms with van der Waals surface area (Å²) in [7, 11) is 0. The first kappa shape index (κ1) is 19.6. The molecule has 6 rings (SSSR count). The number of rotatable bonds is 7. The monoisotopic (exact) mass is 389 g/mol. The second kappa shape index (κ2) is 8.33. The molecule has 5 fully saturated rings. The van der Waals surface area contributed by atoms with Gasteiger partial charge >= 0.3 is 0 Å². The first-order valence-corrected chi connectivity index (χ1v) is 11.2. The Labute approximate surface area is 171 Å². The number of likely N-dealkylation sites (tertiary alicyclic amines) is 1. The Bertz CT molecular complexity index is 589. The van der Waals surface area contributed by atoms with Gasteiger partial charge in [-0.25, -0.2) is 0 Å². The lowest BCUT2D eigenvalue weighted by molar-refractivity contribution is -0.0570. The molecule has 2 nitrogen and oxygen atoms in total. The second-order valence-corrected chi connectivity index (χ2v) is 9.92. The Hall–Kier alpha value is -0.730. The smallest absolute Gasteiger partial charge is 0.122 e.